The van der Waals surface area contributed by atoms with E-state index >= 15 is 0 Å². The molecular formula is C19H29NO4S. The Labute approximate surface area is 154 Å². The number of carboxylic acid groups (broad SMARTS) is 1. The molecule has 1 amide bonds. The van der Waals surface area contributed by atoms with Gasteiger partial charge in [-0.15, -0.1) is 0 Å². The van der Waals surface area contributed by atoms with Crippen LogP contribution in [0, 0.1) is 0 Å². The van der Waals surface area contributed by atoms with E-state index in [0.29, 0.717) is 18.1 Å². The van der Waals surface area contributed by atoms with Crippen LogP contribution >= 0.6 is 11.8 Å². The Morgan fingerprint density at radius 1 is 1.20 bits per heavy atom. The Hall–Kier alpha value is -1.69. The summed E-state index contributed by atoms with van der Waals surface area (Å²) >= 11 is 1.65. The van der Waals surface area contributed by atoms with Crippen molar-refractivity contribution < 1.29 is 19.4 Å². The van der Waals surface area contributed by atoms with E-state index in [-0.39, 0.29) is 0 Å². The molecule has 0 aliphatic rings. The molecule has 0 bridgehead atoms. The van der Waals surface area contributed by atoms with E-state index in [9.17, 15) is 14.7 Å². The highest BCUT2D eigenvalue weighted by Gasteiger charge is 2.23. The van der Waals surface area contributed by atoms with E-state index in [1.807, 2.05) is 0 Å². The first-order valence-electron chi connectivity index (χ1n) is 8.47. The first-order chi connectivity index (χ1) is 11.6. The second-order valence-corrected chi connectivity index (χ2v) is 8.38. The maximum atomic E-state index is 11.7. The van der Waals surface area contributed by atoms with Gasteiger partial charge in [0.25, 0.3) is 0 Å². The van der Waals surface area contributed by atoms with Gasteiger partial charge in [0, 0.05) is 5.75 Å². The van der Waals surface area contributed by atoms with Crippen molar-refractivity contribution in [2.24, 2.45) is 0 Å². The fourth-order valence-electron chi connectivity index (χ4n) is 2.10. The molecule has 0 aromatic heterocycles. The molecule has 0 saturated carbocycles. The van der Waals surface area contributed by atoms with Crippen molar-refractivity contribution in [3.63, 3.8) is 0 Å². The first kappa shape index (κ1) is 21.4. The van der Waals surface area contributed by atoms with Crippen molar-refractivity contribution >= 4 is 23.8 Å². The Bertz CT molecular complexity index is 564. The summed E-state index contributed by atoms with van der Waals surface area (Å²) in [6.45, 7) is 9.54. The Balaban J connectivity index is 2.40. The minimum Gasteiger partial charge on any atom is -0.480 e. The molecule has 25 heavy (non-hydrogen) atoms. The zero-order valence-corrected chi connectivity index (χ0v) is 16.5. The lowest BCUT2D eigenvalue weighted by Gasteiger charge is -2.22. The highest BCUT2D eigenvalue weighted by Crippen LogP contribution is 2.18. The molecule has 0 aliphatic carbocycles. The van der Waals surface area contributed by atoms with Gasteiger partial charge in [-0.1, -0.05) is 38.1 Å². The maximum absolute atomic E-state index is 11.7. The van der Waals surface area contributed by atoms with Crippen LogP contribution in [-0.2, 0) is 15.3 Å². The molecule has 1 aromatic rings. The van der Waals surface area contributed by atoms with E-state index in [2.05, 4.69) is 43.4 Å². The number of hydrogen-bond acceptors (Lipinski definition) is 4. The maximum Gasteiger partial charge on any atom is 0.408 e. The lowest BCUT2D eigenvalue weighted by molar-refractivity contribution is -0.139. The summed E-state index contributed by atoms with van der Waals surface area (Å²) in [5.41, 5.74) is 1.87. The summed E-state index contributed by atoms with van der Waals surface area (Å²) < 4.78 is 5.10. The van der Waals surface area contributed by atoms with Crippen molar-refractivity contribution in [3.05, 3.63) is 35.4 Å². The van der Waals surface area contributed by atoms with Gasteiger partial charge in [-0.3, -0.25) is 0 Å². The minimum atomic E-state index is -1.05. The normalized spacial score (nSPS) is 12.7. The van der Waals surface area contributed by atoms with Gasteiger partial charge in [0.15, 0.2) is 0 Å². The molecule has 0 saturated heterocycles. The number of rotatable bonds is 8. The number of carbonyl (C=O) groups is 2. The largest absolute Gasteiger partial charge is 0.480 e. The highest BCUT2D eigenvalue weighted by atomic mass is 32.2. The van der Waals surface area contributed by atoms with Crippen LogP contribution in [0.15, 0.2) is 24.3 Å². The van der Waals surface area contributed by atoms with Crippen molar-refractivity contribution in [3.8, 4) is 0 Å². The number of ether oxygens (including phenoxy) is 1. The molecule has 1 unspecified atom stereocenters. The molecule has 140 valence electrons. The summed E-state index contributed by atoms with van der Waals surface area (Å²) in [7, 11) is 0. The third-order valence-electron chi connectivity index (χ3n) is 3.46. The summed E-state index contributed by atoms with van der Waals surface area (Å²) in [6, 6.07) is 7.53. The highest BCUT2D eigenvalue weighted by molar-refractivity contribution is 7.98. The number of hydrogen-bond donors (Lipinski definition) is 2. The third-order valence-corrected chi connectivity index (χ3v) is 4.52. The number of thioether (sulfide) groups is 1. The zero-order valence-electron chi connectivity index (χ0n) is 15.7. The van der Waals surface area contributed by atoms with E-state index < -0.39 is 23.7 Å². The number of benzene rings is 1. The topological polar surface area (TPSA) is 75.6 Å². The Morgan fingerprint density at radius 3 is 2.28 bits per heavy atom. The Morgan fingerprint density at radius 2 is 1.80 bits per heavy atom. The molecule has 1 rings (SSSR count). The van der Waals surface area contributed by atoms with E-state index in [0.717, 1.165) is 5.75 Å². The van der Waals surface area contributed by atoms with Gasteiger partial charge in [0.1, 0.15) is 11.6 Å². The van der Waals surface area contributed by atoms with Crippen molar-refractivity contribution in [1.29, 1.82) is 0 Å². The Kier molecular flexibility index (Phi) is 8.29. The molecule has 1 atom stereocenters. The average molecular weight is 368 g/mol. The van der Waals surface area contributed by atoms with Crippen LogP contribution in [0.3, 0.4) is 0 Å². The summed E-state index contributed by atoms with van der Waals surface area (Å²) in [4.78, 5) is 23.0. The van der Waals surface area contributed by atoms with Gasteiger partial charge in [-0.05, 0) is 50.0 Å². The standard InChI is InChI=1S/C19H29NO4S/c1-13(2)15-8-6-14(7-9-15)12-25-11-10-16(17(21)22)20-18(23)24-19(3,4)5/h6-9,13,16H,10-12H2,1-5H3,(H,20,23)(H,21,22). The van der Waals surface area contributed by atoms with E-state index in [1.165, 1.54) is 11.1 Å². The van der Waals surface area contributed by atoms with Gasteiger partial charge in [0.05, 0.1) is 0 Å². The predicted octanol–water partition coefficient (Wildman–Crippen LogP) is 4.41. The second-order valence-electron chi connectivity index (χ2n) is 7.27. The molecule has 0 fully saturated rings. The molecular weight excluding hydrogens is 338 g/mol. The molecule has 2 N–H and O–H groups in total. The summed E-state index contributed by atoms with van der Waals surface area (Å²) in [5, 5.41) is 11.7. The molecule has 0 spiro atoms. The smallest absolute Gasteiger partial charge is 0.408 e. The summed E-state index contributed by atoms with van der Waals surface area (Å²) in [6.07, 6.45) is -0.349. The van der Waals surface area contributed by atoms with Gasteiger partial charge in [0.2, 0.25) is 0 Å². The van der Waals surface area contributed by atoms with Crippen LogP contribution < -0.4 is 5.32 Å². The number of aliphatic carboxylic acids is 1. The molecule has 0 aliphatic heterocycles. The molecule has 1 aromatic carbocycles. The van der Waals surface area contributed by atoms with E-state index in [4.69, 9.17) is 4.74 Å². The second kappa shape index (κ2) is 9.70. The van der Waals surface area contributed by atoms with Gasteiger partial charge >= 0.3 is 12.1 Å². The SMILES string of the molecule is CC(C)c1ccc(CSCCC(NC(=O)OC(C)(C)C)C(=O)O)cc1. The zero-order chi connectivity index (χ0) is 19.0. The molecule has 0 heterocycles. The van der Waals surface area contributed by atoms with E-state index in [1.54, 1.807) is 32.5 Å². The number of nitrogens with one attached hydrogen (secondary N) is 1. The lowest BCUT2D eigenvalue weighted by Crippen LogP contribution is -2.43. The van der Waals surface area contributed by atoms with Gasteiger partial charge in [-0.2, -0.15) is 11.8 Å². The molecule has 6 heteroatoms. The van der Waals surface area contributed by atoms with Crippen molar-refractivity contribution in [2.75, 3.05) is 5.75 Å². The fourth-order valence-corrected chi connectivity index (χ4v) is 3.07. The number of amides is 1. The first-order valence-corrected chi connectivity index (χ1v) is 9.63. The molecule has 5 nitrogen and oxygen atoms in total. The number of alkyl carbamates (subject to hydrolysis) is 1. The van der Waals surface area contributed by atoms with Crippen LogP contribution in [0.1, 0.15) is 58.1 Å². The third kappa shape index (κ3) is 8.82. The van der Waals surface area contributed by atoms with Crippen LogP contribution in [0.2, 0.25) is 0 Å². The molecule has 0 radical (unpaired) electrons. The van der Waals surface area contributed by atoms with Crippen LogP contribution in [0.5, 0.6) is 0 Å². The summed E-state index contributed by atoms with van der Waals surface area (Å²) in [5.74, 6) is 0.917. The number of carbonyl (C=O) groups excluding carboxylic acids is 1. The van der Waals surface area contributed by atoms with Crippen LogP contribution in [0.25, 0.3) is 0 Å². The number of carboxylic acids is 1. The average Bonchev–Trinajstić information content (AvgIpc) is 2.48. The minimum absolute atomic E-state index is 0.351. The van der Waals surface area contributed by atoms with Gasteiger partial charge < -0.3 is 15.2 Å². The van der Waals surface area contributed by atoms with Crippen molar-refractivity contribution in [1.82, 2.24) is 5.32 Å². The van der Waals surface area contributed by atoms with Crippen molar-refractivity contribution in [2.45, 2.75) is 64.4 Å². The predicted molar refractivity (Wildman–Crippen MR) is 102 cm³/mol. The van der Waals surface area contributed by atoms with Crippen LogP contribution in [-0.4, -0.2) is 34.6 Å². The van der Waals surface area contributed by atoms with Crippen LogP contribution in [0.4, 0.5) is 4.79 Å². The lowest BCUT2D eigenvalue weighted by atomic mass is 10.0. The fraction of sp³-hybridized carbons (Fsp3) is 0.579. The monoisotopic (exact) mass is 367 g/mol. The van der Waals surface area contributed by atoms with Gasteiger partial charge in [-0.25, -0.2) is 9.59 Å². The quantitative estimate of drug-likeness (QED) is 0.666.